The highest BCUT2D eigenvalue weighted by Crippen LogP contribution is 2.18. The van der Waals surface area contributed by atoms with E-state index in [4.69, 9.17) is 0 Å². The van der Waals surface area contributed by atoms with Crippen LogP contribution >= 0.6 is 24.2 Å². The average Bonchev–Trinajstić information content (AvgIpc) is 3.14. The molecule has 0 aliphatic carbocycles. The van der Waals surface area contributed by atoms with Crippen molar-refractivity contribution in [3.05, 3.63) is 72.3 Å². The third-order valence-corrected chi connectivity index (χ3v) is 4.55. The average molecular weight is 388 g/mol. The molecule has 136 valence electrons. The Kier molecular flexibility index (Phi) is 8.89. The van der Waals surface area contributed by atoms with Crippen molar-refractivity contribution in [2.75, 3.05) is 18.8 Å². The maximum absolute atomic E-state index is 4.11. The third kappa shape index (κ3) is 6.29. The second-order valence-electron chi connectivity index (χ2n) is 5.43. The van der Waals surface area contributed by atoms with Crippen molar-refractivity contribution < 1.29 is 0 Å². The standard InChI is InChI=1S/C19H21N5S.ClH/c1-3-9-17(10-4-1)11-7-14-20-15-8-16-25-19-21-22-23-24(19)18-12-5-2-6-13-18;/h1-7,9-13,20H,8,14-16H2;1H/b11-7+;. The van der Waals surface area contributed by atoms with Gasteiger partial charge in [0.1, 0.15) is 0 Å². The number of hydrogen-bond donors (Lipinski definition) is 1. The molecule has 5 nitrogen and oxygen atoms in total. The van der Waals surface area contributed by atoms with E-state index in [9.17, 15) is 0 Å². The van der Waals surface area contributed by atoms with E-state index in [0.717, 1.165) is 36.1 Å². The van der Waals surface area contributed by atoms with Crippen LogP contribution in [0.4, 0.5) is 0 Å². The van der Waals surface area contributed by atoms with Crippen molar-refractivity contribution in [3.8, 4) is 5.69 Å². The molecule has 0 saturated carbocycles. The van der Waals surface area contributed by atoms with Crippen molar-refractivity contribution in [2.45, 2.75) is 11.6 Å². The minimum atomic E-state index is 0. The monoisotopic (exact) mass is 387 g/mol. The molecule has 0 fully saturated rings. The Bertz CT molecular complexity index is 777. The topological polar surface area (TPSA) is 55.6 Å². The lowest BCUT2D eigenvalue weighted by Crippen LogP contribution is -2.15. The molecule has 0 saturated heterocycles. The normalized spacial score (nSPS) is 10.8. The van der Waals surface area contributed by atoms with Crippen LogP contribution in [-0.4, -0.2) is 39.0 Å². The van der Waals surface area contributed by atoms with Crippen LogP contribution in [0.2, 0.25) is 0 Å². The van der Waals surface area contributed by atoms with Gasteiger partial charge in [-0.2, -0.15) is 4.68 Å². The van der Waals surface area contributed by atoms with E-state index >= 15 is 0 Å². The SMILES string of the molecule is C(=C\c1ccccc1)/CNCCCSc1nnnn1-c1ccccc1.Cl. The van der Waals surface area contributed by atoms with Gasteiger partial charge in [-0.25, -0.2) is 0 Å². The van der Waals surface area contributed by atoms with Gasteiger partial charge in [0.2, 0.25) is 5.16 Å². The summed E-state index contributed by atoms with van der Waals surface area (Å²) in [7, 11) is 0. The van der Waals surface area contributed by atoms with E-state index in [-0.39, 0.29) is 12.4 Å². The van der Waals surface area contributed by atoms with E-state index in [1.165, 1.54) is 5.56 Å². The molecule has 0 amide bonds. The van der Waals surface area contributed by atoms with Crippen molar-refractivity contribution in [2.24, 2.45) is 0 Å². The van der Waals surface area contributed by atoms with Crippen LogP contribution in [0.25, 0.3) is 11.8 Å². The summed E-state index contributed by atoms with van der Waals surface area (Å²) >= 11 is 1.68. The first-order valence-corrected chi connectivity index (χ1v) is 9.31. The van der Waals surface area contributed by atoms with E-state index in [2.05, 4.69) is 45.1 Å². The molecule has 0 spiro atoms. The first kappa shape index (κ1) is 20.2. The zero-order valence-electron chi connectivity index (χ0n) is 14.4. The lowest BCUT2D eigenvalue weighted by molar-refractivity contribution is 0.731. The number of thioether (sulfide) groups is 1. The van der Waals surface area contributed by atoms with Crippen LogP contribution in [0.1, 0.15) is 12.0 Å². The van der Waals surface area contributed by atoms with Crippen LogP contribution in [-0.2, 0) is 0 Å². The van der Waals surface area contributed by atoms with E-state index in [1.54, 1.807) is 16.4 Å². The number of para-hydroxylation sites is 1. The number of nitrogens with one attached hydrogen (secondary N) is 1. The summed E-state index contributed by atoms with van der Waals surface area (Å²) in [5.41, 5.74) is 2.21. The molecule has 7 heteroatoms. The summed E-state index contributed by atoms with van der Waals surface area (Å²) in [6.07, 6.45) is 5.35. The Morgan fingerprint density at radius 3 is 2.50 bits per heavy atom. The highest BCUT2D eigenvalue weighted by molar-refractivity contribution is 7.99. The molecule has 3 aromatic rings. The molecule has 1 N–H and O–H groups in total. The summed E-state index contributed by atoms with van der Waals surface area (Å²) in [6, 6.07) is 20.3. The van der Waals surface area contributed by atoms with Crippen LogP contribution in [0.3, 0.4) is 0 Å². The number of aromatic nitrogens is 4. The number of benzene rings is 2. The summed E-state index contributed by atoms with van der Waals surface area (Å²) < 4.78 is 1.78. The first-order valence-electron chi connectivity index (χ1n) is 8.32. The van der Waals surface area contributed by atoms with Gasteiger partial charge in [0.15, 0.2) is 0 Å². The molecule has 0 aliphatic rings. The summed E-state index contributed by atoms with van der Waals surface area (Å²) in [4.78, 5) is 0. The molecular formula is C19H22ClN5S. The van der Waals surface area contributed by atoms with Crippen LogP contribution in [0.5, 0.6) is 0 Å². The maximum atomic E-state index is 4.11. The van der Waals surface area contributed by atoms with Crippen LogP contribution in [0.15, 0.2) is 71.9 Å². The lowest BCUT2D eigenvalue weighted by atomic mass is 10.2. The van der Waals surface area contributed by atoms with Gasteiger partial charge in [0.05, 0.1) is 5.69 Å². The predicted octanol–water partition coefficient (Wildman–Crippen LogP) is 3.87. The second-order valence-corrected chi connectivity index (χ2v) is 6.49. The minimum Gasteiger partial charge on any atom is -0.313 e. The largest absolute Gasteiger partial charge is 0.313 e. The molecule has 0 aliphatic heterocycles. The van der Waals surface area contributed by atoms with Crippen LogP contribution < -0.4 is 5.32 Å². The Morgan fingerprint density at radius 2 is 1.73 bits per heavy atom. The summed E-state index contributed by atoms with van der Waals surface area (Å²) in [5, 5.41) is 16.2. The molecule has 0 radical (unpaired) electrons. The quantitative estimate of drug-likeness (QED) is 0.446. The van der Waals surface area contributed by atoms with E-state index in [0.29, 0.717) is 0 Å². The van der Waals surface area contributed by atoms with Crippen molar-refractivity contribution in [1.82, 2.24) is 25.5 Å². The highest BCUT2D eigenvalue weighted by Gasteiger charge is 2.07. The molecule has 0 bridgehead atoms. The number of rotatable bonds is 9. The number of halogens is 1. The van der Waals surface area contributed by atoms with E-state index < -0.39 is 0 Å². The van der Waals surface area contributed by atoms with Crippen LogP contribution in [0, 0.1) is 0 Å². The lowest BCUT2D eigenvalue weighted by Gasteiger charge is -2.04. The molecule has 1 aromatic heterocycles. The fourth-order valence-corrected chi connectivity index (χ4v) is 3.14. The van der Waals surface area contributed by atoms with Gasteiger partial charge in [0, 0.05) is 12.3 Å². The maximum Gasteiger partial charge on any atom is 0.214 e. The van der Waals surface area contributed by atoms with Crippen molar-refractivity contribution in [1.29, 1.82) is 0 Å². The zero-order chi connectivity index (χ0) is 17.2. The fourth-order valence-electron chi connectivity index (χ4n) is 2.31. The summed E-state index contributed by atoms with van der Waals surface area (Å²) in [5.74, 6) is 0.975. The molecule has 0 atom stereocenters. The van der Waals surface area contributed by atoms with Gasteiger partial charge in [-0.05, 0) is 41.1 Å². The Labute approximate surface area is 164 Å². The van der Waals surface area contributed by atoms with Crippen molar-refractivity contribution in [3.63, 3.8) is 0 Å². The Hall–Kier alpha value is -2.15. The highest BCUT2D eigenvalue weighted by atomic mass is 35.5. The third-order valence-electron chi connectivity index (χ3n) is 3.54. The molecule has 2 aromatic carbocycles. The van der Waals surface area contributed by atoms with Crippen molar-refractivity contribution >= 4 is 30.2 Å². The van der Waals surface area contributed by atoms with Gasteiger partial charge in [-0.1, -0.05) is 72.4 Å². The zero-order valence-corrected chi connectivity index (χ0v) is 16.0. The smallest absolute Gasteiger partial charge is 0.214 e. The van der Waals surface area contributed by atoms with Gasteiger partial charge < -0.3 is 5.32 Å². The molecule has 1 heterocycles. The van der Waals surface area contributed by atoms with Gasteiger partial charge in [-0.15, -0.1) is 17.5 Å². The van der Waals surface area contributed by atoms with Gasteiger partial charge >= 0.3 is 0 Å². The molecular weight excluding hydrogens is 366 g/mol. The fraction of sp³-hybridized carbons (Fsp3) is 0.211. The molecule has 26 heavy (non-hydrogen) atoms. The first-order chi connectivity index (χ1) is 12.4. The number of hydrogen-bond acceptors (Lipinski definition) is 5. The minimum absolute atomic E-state index is 0. The second kappa shape index (κ2) is 11.5. The number of nitrogens with zero attached hydrogens (tertiary/aromatic N) is 4. The Morgan fingerprint density at radius 1 is 1.00 bits per heavy atom. The van der Waals surface area contributed by atoms with Gasteiger partial charge in [-0.3, -0.25) is 0 Å². The van der Waals surface area contributed by atoms with Gasteiger partial charge in [0.25, 0.3) is 0 Å². The number of tetrazole rings is 1. The summed E-state index contributed by atoms with van der Waals surface area (Å²) in [6.45, 7) is 1.85. The predicted molar refractivity (Wildman–Crippen MR) is 110 cm³/mol. The van der Waals surface area contributed by atoms with E-state index in [1.807, 2.05) is 48.5 Å². The molecule has 0 unspecified atom stereocenters. The Balaban J connectivity index is 0.00000243. The molecule has 3 rings (SSSR count).